The van der Waals surface area contributed by atoms with Gasteiger partial charge in [-0.15, -0.1) is 0 Å². The largest absolute Gasteiger partial charge is 0.383 e. The van der Waals surface area contributed by atoms with Crippen LogP contribution in [0.5, 0.6) is 0 Å². The van der Waals surface area contributed by atoms with E-state index in [2.05, 4.69) is 31.2 Å². The van der Waals surface area contributed by atoms with Crippen LogP contribution in [0.15, 0.2) is 29.0 Å². The topological polar surface area (TPSA) is 63.8 Å². The number of nitrogens with two attached hydrogens (primary N) is 1. The third-order valence-corrected chi connectivity index (χ3v) is 3.93. The van der Waals surface area contributed by atoms with Gasteiger partial charge >= 0.3 is 0 Å². The maximum Gasteiger partial charge on any atom is 0.139 e. The van der Waals surface area contributed by atoms with Gasteiger partial charge in [0.15, 0.2) is 0 Å². The fraction of sp³-hybridized carbons (Fsp3) is 0.167. The maximum atomic E-state index is 6.04. The first kappa shape index (κ1) is 13.1. The number of hydrogen-bond donors (Lipinski definition) is 2. The zero-order chi connectivity index (χ0) is 13.1. The lowest BCUT2D eigenvalue weighted by Crippen LogP contribution is -2.04. The molecular weight excluding hydrogens is 316 g/mol. The van der Waals surface area contributed by atoms with E-state index in [1.807, 2.05) is 25.1 Å². The number of aromatic nitrogens is 2. The van der Waals surface area contributed by atoms with Crippen molar-refractivity contribution in [1.29, 1.82) is 0 Å². The van der Waals surface area contributed by atoms with Crippen molar-refractivity contribution in [1.82, 2.24) is 9.97 Å². The molecule has 0 unspecified atom stereocenters. The Morgan fingerprint density at radius 3 is 2.89 bits per heavy atom. The zero-order valence-corrected chi connectivity index (χ0v) is 12.1. The fourth-order valence-corrected chi connectivity index (χ4v) is 2.15. The monoisotopic (exact) mass is 326 g/mol. The smallest absolute Gasteiger partial charge is 0.139 e. The molecule has 2 aromatic rings. The van der Waals surface area contributed by atoms with Crippen LogP contribution in [0.3, 0.4) is 0 Å². The summed E-state index contributed by atoms with van der Waals surface area (Å²) >= 11 is 9.47. The predicted molar refractivity (Wildman–Crippen MR) is 78.3 cm³/mol. The summed E-state index contributed by atoms with van der Waals surface area (Å²) in [4.78, 5) is 8.19. The van der Waals surface area contributed by atoms with Gasteiger partial charge in [0.2, 0.25) is 0 Å². The third kappa shape index (κ3) is 2.57. The molecule has 1 aromatic heterocycles. The van der Waals surface area contributed by atoms with Crippen LogP contribution in [-0.4, -0.2) is 9.97 Å². The Bertz CT molecular complexity index is 574. The van der Waals surface area contributed by atoms with Crippen LogP contribution in [0, 0.1) is 0 Å². The molecule has 18 heavy (non-hydrogen) atoms. The van der Waals surface area contributed by atoms with E-state index in [1.54, 1.807) is 0 Å². The molecule has 0 saturated carbocycles. The summed E-state index contributed by atoms with van der Waals surface area (Å²) in [5.74, 6) is 1.20. The molecule has 0 radical (unpaired) electrons. The molecule has 0 aliphatic carbocycles. The molecule has 0 aliphatic rings. The van der Waals surface area contributed by atoms with Crippen molar-refractivity contribution in [2.24, 2.45) is 0 Å². The molecule has 0 fully saturated rings. The number of rotatable bonds is 3. The number of nitrogen functional groups attached to an aromatic ring is 1. The van der Waals surface area contributed by atoms with Gasteiger partial charge in [0.05, 0.1) is 15.2 Å². The van der Waals surface area contributed by atoms with Gasteiger partial charge in [-0.25, -0.2) is 9.97 Å². The summed E-state index contributed by atoms with van der Waals surface area (Å²) in [6, 6.07) is 5.59. The Morgan fingerprint density at radius 1 is 1.39 bits per heavy atom. The zero-order valence-electron chi connectivity index (χ0n) is 9.74. The third-order valence-electron chi connectivity index (χ3n) is 2.54. The summed E-state index contributed by atoms with van der Waals surface area (Å²) in [5, 5.41) is 3.85. The van der Waals surface area contributed by atoms with Crippen molar-refractivity contribution in [3.8, 4) is 0 Å². The molecule has 0 aliphatic heterocycles. The number of nitrogens with zero attached hydrogens (tertiary/aromatic N) is 2. The first-order chi connectivity index (χ1) is 8.63. The van der Waals surface area contributed by atoms with Crippen molar-refractivity contribution < 1.29 is 0 Å². The van der Waals surface area contributed by atoms with E-state index in [-0.39, 0.29) is 0 Å². The standard InChI is InChI=1S/C12H12BrClN4/c1-2-7-11(15)16-6-17-12(7)18-9-5-3-4-8(14)10(9)13/h3-6H,2H2,1H3,(H3,15,16,17,18). The minimum absolute atomic E-state index is 0.494. The van der Waals surface area contributed by atoms with Crippen molar-refractivity contribution in [2.45, 2.75) is 13.3 Å². The minimum atomic E-state index is 0.494. The summed E-state index contributed by atoms with van der Waals surface area (Å²) in [6.07, 6.45) is 2.20. The lowest BCUT2D eigenvalue weighted by molar-refractivity contribution is 1.06. The molecule has 3 N–H and O–H groups in total. The predicted octanol–water partition coefficient (Wildman–Crippen LogP) is 3.78. The summed E-state index contributed by atoms with van der Waals surface area (Å²) < 4.78 is 0.797. The fourth-order valence-electron chi connectivity index (χ4n) is 1.61. The first-order valence-electron chi connectivity index (χ1n) is 5.43. The molecular formula is C12H12BrClN4. The van der Waals surface area contributed by atoms with Gasteiger partial charge in [-0.3, -0.25) is 0 Å². The molecule has 0 saturated heterocycles. The highest BCUT2D eigenvalue weighted by Gasteiger charge is 2.10. The van der Waals surface area contributed by atoms with Crippen LogP contribution in [0.1, 0.15) is 12.5 Å². The lowest BCUT2D eigenvalue weighted by Gasteiger charge is -2.12. The van der Waals surface area contributed by atoms with E-state index in [0.717, 1.165) is 22.1 Å². The highest BCUT2D eigenvalue weighted by atomic mass is 79.9. The van der Waals surface area contributed by atoms with Crippen molar-refractivity contribution in [3.05, 3.63) is 39.6 Å². The normalized spacial score (nSPS) is 10.4. The van der Waals surface area contributed by atoms with E-state index >= 15 is 0 Å². The first-order valence-corrected chi connectivity index (χ1v) is 6.61. The van der Waals surface area contributed by atoms with Crippen LogP contribution in [-0.2, 0) is 6.42 Å². The van der Waals surface area contributed by atoms with Gasteiger partial charge < -0.3 is 11.1 Å². The van der Waals surface area contributed by atoms with Crippen LogP contribution < -0.4 is 11.1 Å². The van der Waals surface area contributed by atoms with Gasteiger partial charge in [-0.2, -0.15) is 0 Å². The summed E-state index contributed by atoms with van der Waals surface area (Å²) in [6.45, 7) is 2.01. The molecule has 0 amide bonds. The van der Waals surface area contributed by atoms with Gasteiger partial charge in [-0.1, -0.05) is 24.6 Å². The Labute approximate surface area is 119 Å². The van der Waals surface area contributed by atoms with Crippen LogP contribution in [0.25, 0.3) is 0 Å². The summed E-state index contributed by atoms with van der Waals surface area (Å²) in [5.41, 5.74) is 7.56. The minimum Gasteiger partial charge on any atom is -0.383 e. The molecule has 2 rings (SSSR count). The van der Waals surface area contributed by atoms with Crippen LogP contribution >= 0.6 is 27.5 Å². The van der Waals surface area contributed by atoms with Gasteiger partial charge in [0, 0.05) is 5.56 Å². The molecule has 6 heteroatoms. The number of hydrogen-bond acceptors (Lipinski definition) is 4. The lowest BCUT2D eigenvalue weighted by atomic mass is 10.2. The average Bonchev–Trinajstić information content (AvgIpc) is 2.35. The van der Waals surface area contributed by atoms with E-state index in [9.17, 15) is 0 Å². The second-order valence-electron chi connectivity index (χ2n) is 3.67. The van der Waals surface area contributed by atoms with E-state index in [0.29, 0.717) is 16.7 Å². The van der Waals surface area contributed by atoms with E-state index < -0.39 is 0 Å². The molecule has 0 atom stereocenters. The number of nitrogens with one attached hydrogen (secondary N) is 1. The Balaban J connectivity index is 2.40. The number of benzene rings is 1. The van der Waals surface area contributed by atoms with Crippen LogP contribution in [0.4, 0.5) is 17.3 Å². The van der Waals surface area contributed by atoms with E-state index in [1.165, 1.54) is 6.33 Å². The van der Waals surface area contributed by atoms with Gasteiger partial charge in [-0.05, 0) is 34.5 Å². The van der Waals surface area contributed by atoms with Gasteiger partial charge in [0.25, 0.3) is 0 Å². The van der Waals surface area contributed by atoms with E-state index in [4.69, 9.17) is 17.3 Å². The van der Waals surface area contributed by atoms with Crippen molar-refractivity contribution in [3.63, 3.8) is 0 Å². The van der Waals surface area contributed by atoms with Crippen molar-refractivity contribution in [2.75, 3.05) is 11.1 Å². The average molecular weight is 328 g/mol. The molecule has 1 aromatic carbocycles. The van der Waals surface area contributed by atoms with Gasteiger partial charge in [0.1, 0.15) is 18.0 Å². The van der Waals surface area contributed by atoms with Crippen LogP contribution in [0.2, 0.25) is 5.02 Å². The number of halogens is 2. The highest BCUT2D eigenvalue weighted by Crippen LogP contribution is 2.32. The molecule has 1 heterocycles. The summed E-state index contributed by atoms with van der Waals surface area (Å²) in [7, 11) is 0. The maximum absolute atomic E-state index is 6.04. The quantitative estimate of drug-likeness (QED) is 0.900. The molecule has 4 nitrogen and oxygen atoms in total. The Kier molecular flexibility index (Phi) is 4.04. The number of anilines is 3. The molecule has 0 bridgehead atoms. The highest BCUT2D eigenvalue weighted by molar-refractivity contribution is 9.10. The molecule has 94 valence electrons. The molecule has 0 spiro atoms. The van der Waals surface area contributed by atoms with Crippen molar-refractivity contribution >= 4 is 44.9 Å². The second-order valence-corrected chi connectivity index (χ2v) is 4.87. The Morgan fingerprint density at radius 2 is 2.17 bits per heavy atom. The Hall–Kier alpha value is -1.33. The second kappa shape index (κ2) is 5.54. The SMILES string of the molecule is CCc1c(N)ncnc1Nc1cccc(Cl)c1Br.